The van der Waals surface area contributed by atoms with Crippen molar-refractivity contribution in [2.45, 2.75) is 45.4 Å². The third-order valence-electron chi connectivity index (χ3n) is 5.96. The number of hydrogen-bond donors (Lipinski definition) is 1. The number of rotatable bonds is 9. The fraction of sp³-hybridized carbons (Fsp3) is 0.269. The maximum absolute atomic E-state index is 11.0. The Morgan fingerprint density at radius 3 is 2.38 bits per heavy atom. The van der Waals surface area contributed by atoms with E-state index in [0.717, 1.165) is 52.3 Å². The molecule has 0 aliphatic heterocycles. The normalized spacial score (nSPS) is 12.0. The second-order valence-electron chi connectivity index (χ2n) is 8.07. The first-order valence-electron chi connectivity index (χ1n) is 11.1. The number of unbranched alkanes of at least 4 members (excludes halogenated alkanes) is 4. The first kappa shape index (κ1) is 21.6. The Bertz CT molecular complexity index is 1270. The van der Waals surface area contributed by atoms with Crippen molar-refractivity contribution in [1.29, 1.82) is 0 Å². The molecule has 0 saturated carbocycles. The van der Waals surface area contributed by atoms with Crippen molar-refractivity contribution in [2.75, 3.05) is 0 Å². The minimum absolute atomic E-state index is 0.0690. The molecule has 0 aliphatic carbocycles. The predicted molar refractivity (Wildman–Crippen MR) is 129 cm³/mol. The average molecular weight is 430 g/mol. The topological polar surface area (TPSA) is 80.7 Å². The number of nitro groups is 1. The summed E-state index contributed by atoms with van der Waals surface area (Å²) in [6.07, 6.45) is 6.52. The standard InChI is InChI=1S/C26H27N3O3/c1-2-3-4-5-6-10-24(27-30)19-12-17-26-23(18-19)22-9-7-8-11-25(22)28(26)20-13-15-21(16-14-20)29(31)32/h7-9,11-18,30H,2-6,10H2,1H3. The molecule has 0 saturated heterocycles. The number of oxime groups is 1. The van der Waals surface area contributed by atoms with E-state index in [1.807, 2.05) is 30.3 Å². The van der Waals surface area contributed by atoms with Crippen LogP contribution in [0.3, 0.4) is 0 Å². The maximum atomic E-state index is 11.0. The van der Waals surface area contributed by atoms with Gasteiger partial charge in [0.05, 0.1) is 21.7 Å². The van der Waals surface area contributed by atoms with E-state index < -0.39 is 0 Å². The van der Waals surface area contributed by atoms with Crippen molar-refractivity contribution >= 4 is 33.2 Å². The summed E-state index contributed by atoms with van der Waals surface area (Å²) >= 11 is 0. The summed E-state index contributed by atoms with van der Waals surface area (Å²) in [5.41, 5.74) is 4.58. The van der Waals surface area contributed by atoms with Gasteiger partial charge in [0.1, 0.15) is 0 Å². The molecule has 0 spiro atoms. The van der Waals surface area contributed by atoms with Crippen LogP contribution in [0.2, 0.25) is 0 Å². The van der Waals surface area contributed by atoms with E-state index in [-0.39, 0.29) is 10.6 Å². The quantitative estimate of drug-likeness (QED) is 0.100. The zero-order chi connectivity index (χ0) is 22.5. The first-order valence-corrected chi connectivity index (χ1v) is 11.1. The fourth-order valence-corrected chi connectivity index (χ4v) is 4.30. The molecule has 0 atom stereocenters. The van der Waals surface area contributed by atoms with Crippen molar-refractivity contribution in [3.05, 3.63) is 82.4 Å². The van der Waals surface area contributed by atoms with Gasteiger partial charge in [0.2, 0.25) is 0 Å². The number of hydrogen-bond acceptors (Lipinski definition) is 4. The fourth-order valence-electron chi connectivity index (χ4n) is 4.30. The summed E-state index contributed by atoms with van der Waals surface area (Å²) in [7, 11) is 0. The molecular weight excluding hydrogens is 402 g/mol. The molecule has 4 rings (SSSR count). The second kappa shape index (κ2) is 9.64. The Labute approximate surface area is 186 Å². The monoisotopic (exact) mass is 429 g/mol. The highest BCUT2D eigenvalue weighted by molar-refractivity contribution is 6.12. The van der Waals surface area contributed by atoms with E-state index >= 15 is 0 Å². The van der Waals surface area contributed by atoms with Crippen LogP contribution in [-0.4, -0.2) is 20.4 Å². The molecule has 6 nitrogen and oxygen atoms in total. The summed E-state index contributed by atoms with van der Waals surface area (Å²) < 4.78 is 2.11. The van der Waals surface area contributed by atoms with Crippen LogP contribution in [0.15, 0.2) is 71.9 Å². The molecule has 6 heteroatoms. The van der Waals surface area contributed by atoms with Crippen LogP contribution in [0.5, 0.6) is 0 Å². The SMILES string of the molecule is CCCCCCCC(=NO)c1ccc2c(c1)c1ccccc1n2-c1ccc([N+](=O)[O-])cc1. The maximum Gasteiger partial charge on any atom is 0.269 e. The molecule has 0 unspecified atom stereocenters. The molecular formula is C26H27N3O3. The van der Waals surface area contributed by atoms with Crippen LogP contribution >= 0.6 is 0 Å². The Hall–Kier alpha value is -3.67. The summed E-state index contributed by atoms with van der Waals surface area (Å²) in [4.78, 5) is 10.7. The Balaban J connectivity index is 1.74. The second-order valence-corrected chi connectivity index (χ2v) is 8.07. The van der Waals surface area contributed by atoms with E-state index in [4.69, 9.17) is 0 Å². The van der Waals surface area contributed by atoms with Gasteiger partial charge in [-0.2, -0.15) is 0 Å². The highest BCUT2D eigenvalue weighted by Gasteiger charge is 2.15. The number of aromatic nitrogens is 1. The van der Waals surface area contributed by atoms with Gasteiger partial charge in [-0.15, -0.1) is 0 Å². The van der Waals surface area contributed by atoms with Crippen LogP contribution < -0.4 is 0 Å². The molecule has 1 aromatic heterocycles. The van der Waals surface area contributed by atoms with Gasteiger partial charge in [-0.25, -0.2) is 0 Å². The van der Waals surface area contributed by atoms with E-state index in [1.54, 1.807) is 12.1 Å². The Kier molecular flexibility index (Phi) is 6.50. The number of para-hydroxylation sites is 1. The smallest absolute Gasteiger partial charge is 0.269 e. The van der Waals surface area contributed by atoms with Crippen LogP contribution in [0.25, 0.3) is 27.5 Å². The highest BCUT2D eigenvalue weighted by atomic mass is 16.6. The van der Waals surface area contributed by atoms with E-state index in [1.165, 1.54) is 31.4 Å². The van der Waals surface area contributed by atoms with Gasteiger partial charge in [-0.1, -0.05) is 62.0 Å². The molecule has 164 valence electrons. The molecule has 32 heavy (non-hydrogen) atoms. The van der Waals surface area contributed by atoms with Crippen molar-refractivity contribution in [3.63, 3.8) is 0 Å². The average Bonchev–Trinajstić information content (AvgIpc) is 3.15. The molecule has 0 bridgehead atoms. The van der Waals surface area contributed by atoms with Gasteiger partial charge >= 0.3 is 0 Å². The van der Waals surface area contributed by atoms with Crippen LogP contribution in [0.4, 0.5) is 5.69 Å². The molecule has 3 aromatic carbocycles. The van der Waals surface area contributed by atoms with Gasteiger partial charge < -0.3 is 9.77 Å². The van der Waals surface area contributed by atoms with E-state index in [0.29, 0.717) is 5.71 Å². The molecule has 4 aromatic rings. The lowest BCUT2D eigenvalue weighted by atomic mass is 10.0. The third-order valence-corrected chi connectivity index (χ3v) is 5.96. The van der Waals surface area contributed by atoms with Crippen molar-refractivity contribution in [3.8, 4) is 5.69 Å². The van der Waals surface area contributed by atoms with Gasteiger partial charge in [0.15, 0.2) is 0 Å². The van der Waals surface area contributed by atoms with Crippen molar-refractivity contribution in [1.82, 2.24) is 4.57 Å². The lowest BCUT2D eigenvalue weighted by molar-refractivity contribution is -0.384. The van der Waals surface area contributed by atoms with Crippen LogP contribution in [0.1, 0.15) is 51.0 Å². The molecule has 0 amide bonds. The van der Waals surface area contributed by atoms with E-state index in [9.17, 15) is 15.3 Å². The zero-order valence-corrected chi connectivity index (χ0v) is 18.2. The molecule has 1 heterocycles. The minimum Gasteiger partial charge on any atom is -0.411 e. The summed E-state index contributed by atoms with van der Waals surface area (Å²) in [6, 6.07) is 20.8. The number of nitrogens with zero attached hydrogens (tertiary/aromatic N) is 3. The number of fused-ring (bicyclic) bond motifs is 3. The largest absolute Gasteiger partial charge is 0.411 e. The Morgan fingerprint density at radius 2 is 1.66 bits per heavy atom. The highest BCUT2D eigenvalue weighted by Crippen LogP contribution is 2.33. The summed E-state index contributed by atoms with van der Waals surface area (Å²) in [5.74, 6) is 0. The molecule has 0 fully saturated rings. The Morgan fingerprint density at radius 1 is 0.938 bits per heavy atom. The summed E-state index contributed by atoms with van der Waals surface area (Å²) in [6.45, 7) is 2.20. The van der Waals surface area contributed by atoms with Crippen molar-refractivity contribution < 1.29 is 10.1 Å². The van der Waals surface area contributed by atoms with Gasteiger partial charge in [-0.05, 0) is 43.2 Å². The van der Waals surface area contributed by atoms with Crippen LogP contribution in [-0.2, 0) is 0 Å². The van der Waals surface area contributed by atoms with E-state index in [2.05, 4.69) is 28.8 Å². The predicted octanol–water partition coefficient (Wildman–Crippen LogP) is 7.23. The first-order chi connectivity index (χ1) is 15.6. The van der Waals surface area contributed by atoms with Gasteiger partial charge in [0.25, 0.3) is 5.69 Å². The minimum atomic E-state index is -0.389. The van der Waals surface area contributed by atoms with Crippen molar-refractivity contribution in [2.24, 2.45) is 5.16 Å². The molecule has 0 aliphatic rings. The van der Waals surface area contributed by atoms with Crippen LogP contribution in [0, 0.1) is 10.1 Å². The molecule has 1 N–H and O–H groups in total. The van der Waals surface area contributed by atoms with Gasteiger partial charge in [-0.3, -0.25) is 10.1 Å². The third kappa shape index (κ3) is 4.21. The zero-order valence-electron chi connectivity index (χ0n) is 18.2. The number of non-ortho nitro benzene ring substituents is 1. The lowest BCUT2D eigenvalue weighted by Crippen LogP contribution is -2.01. The lowest BCUT2D eigenvalue weighted by Gasteiger charge is -2.09. The van der Waals surface area contributed by atoms with Gasteiger partial charge in [0, 0.05) is 34.2 Å². The molecule has 0 radical (unpaired) electrons. The number of nitro benzene ring substituents is 1. The summed E-state index contributed by atoms with van der Waals surface area (Å²) in [5, 5.41) is 26.4. The number of benzene rings is 3.